The Bertz CT molecular complexity index is 412. The van der Waals surface area contributed by atoms with Crippen LogP contribution < -0.4 is 11.3 Å². The van der Waals surface area contributed by atoms with Gasteiger partial charge in [0.25, 0.3) is 5.56 Å². The zero-order valence-electron chi connectivity index (χ0n) is 8.75. The van der Waals surface area contributed by atoms with Crippen molar-refractivity contribution in [2.45, 2.75) is 32.4 Å². The van der Waals surface area contributed by atoms with Gasteiger partial charge in [-0.1, -0.05) is 0 Å². The van der Waals surface area contributed by atoms with Crippen LogP contribution in [-0.4, -0.2) is 22.6 Å². The van der Waals surface area contributed by atoms with Gasteiger partial charge in [-0.05, 0) is 6.92 Å². The fraction of sp³-hybridized carbons (Fsp3) is 0.600. The minimum Gasteiger partial charge on any atom is -0.376 e. The molecule has 2 heterocycles. The Morgan fingerprint density at radius 2 is 2.47 bits per heavy atom. The number of hydrogen-bond donors (Lipinski definition) is 2. The summed E-state index contributed by atoms with van der Waals surface area (Å²) in [5.41, 5.74) is 7.10. The summed E-state index contributed by atoms with van der Waals surface area (Å²) in [7, 11) is 0. The van der Waals surface area contributed by atoms with E-state index in [0.717, 1.165) is 5.69 Å². The van der Waals surface area contributed by atoms with Crippen molar-refractivity contribution < 1.29 is 4.74 Å². The van der Waals surface area contributed by atoms with Gasteiger partial charge >= 0.3 is 0 Å². The van der Waals surface area contributed by atoms with Crippen molar-refractivity contribution in [1.29, 1.82) is 0 Å². The Morgan fingerprint density at radius 1 is 1.67 bits per heavy atom. The van der Waals surface area contributed by atoms with Crippen LogP contribution in [0.15, 0.2) is 4.79 Å². The molecule has 0 spiro atoms. The van der Waals surface area contributed by atoms with Crippen LogP contribution in [0.25, 0.3) is 0 Å². The van der Waals surface area contributed by atoms with Gasteiger partial charge in [-0.2, -0.15) is 0 Å². The van der Waals surface area contributed by atoms with Crippen LogP contribution in [0.4, 0.5) is 0 Å². The second-order valence-electron chi connectivity index (χ2n) is 3.92. The lowest BCUT2D eigenvalue weighted by Gasteiger charge is -2.15. The first-order valence-corrected chi connectivity index (χ1v) is 5.11. The van der Waals surface area contributed by atoms with Crippen LogP contribution >= 0.6 is 0 Å². The van der Waals surface area contributed by atoms with E-state index in [1.807, 2.05) is 6.92 Å². The summed E-state index contributed by atoms with van der Waals surface area (Å²) in [4.78, 5) is 18.8. The third-order valence-electron chi connectivity index (χ3n) is 2.40. The topological polar surface area (TPSA) is 81.0 Å². The summed E-state index contributed by atoms with van der Waals surface area (Å²) >= 11 is 0. The molecule has 1 unspecified atom stereocenters. The number of nitrogens with zero attached hydrogens (tertiary/aromatic N) is 1. The summed E-state index contributed by atoms with van der Waals surface area (Å²) in [5, 5.41) is 0. The van der Waals surface area contributed by atoms with Crippen molar-refractivity contribution in [2.75, 3.05) is 6.61 Å². The largest absolute Gasteiger partial charge is 0.376 e. The SMILES string of the molecule is CC(N)Cc1nc2c(c(=O)[nH]1)COCC2. The third kappa shape index (κ3) is 2.24. The lowest BCUT2D eigenvalue weighted by Crippen LogP contribution is -2.28. The highest BCUT2D eigenvalue weighted by molar-refractivity contribution is 5.19. The third-order valence-corrected chi connectivity index (χ3v) is 2.40. The fourth-order valence-electron chi connectivity index (χ4n) is 1.70. The van der Waals surface area contributed by atoms with Gasteiger partial charge in [0.2, 0.25) is 0 Å². The summed E-state index contributed by atoms with van der Waals surface area (Å²) in [6.07, 6.45) is 1.31. The number of H-pyrrole nitrogens is 1. The maximum absolute atomic E-state index is 11.6. The average molecular weight is 209 g/mol. The minimum atomic E-state index is -0.0876. The molecule has 1 aromatic rings. The molecule has 5 nitrogen and oxygen atoms in total. The highest BCUT2D eigenvalue weighted by atomic mass is 16.5. The zero-order valence-corrected chi connectivity index (χ0v) is 8.75. The second-order valence-corrected chi connectivity index (χ2v) is 3.92. The predicted molar refractivity (Wildman–Crippen MR) is 55.6 cm³/mol. The summed E-state index contributed by atoms with van der Waals surface area (Å²) < 4.78 is 5.21. The first kappa shape index (κ1) is 10.3. The van der Waals surface area contributed by atoms with Gasteiger partial charge in [0.1, 0.15) is 5.82 Å². The lowest BCUT2D eigenvalue weighted by atomic mass is 10.1. The van der Waals surface area contributed by atoms with Crippen molar-refractivity contribution in [2.24, 2.45) is 5.73 Å². The fourth-order valence-corrected chi connectivity index (χ4v) is 1.70. The van der Waals surface area contributed by atoms with Crippen molar-refractivity contribution >= 4 is 0 Å². The Hall–Kier alpha value is -1.20. The van der Waals surface area contributed by atoms with Crippen LogP contribution in [0.5, 0.6) is 0 Å². The molecule has 0 saturated carbocycles. The molecule has 0 fully saturated rings. The molecule has 82 valence electrons. The van der Waals surface area contributed by atoms with Crippen LogP contribution in [0.3, 0.4) is 0 Å². The molecule has 0 radical (unpaired) electrons. The number of rotatable bonds is 2. The first-order valence-electron chi connectivity index (χ1n) is 5.11. The molecule has 0 amide bonds. The van der Waals surface area contributed by atoms with E-state index in [1.165, 1.54) is 0 Å². The molecule has 0 saturated heterocycles. The molecule has 1 aromatic heterocycles. The van der Waals surface area contributed by atoms with E-state index in [1.54, 1.807) is 0 Å². The van der Waals surface area contributed by atoms with Crippen LogP contribution in [0, 0.1) is 0 Å². The van der Waals surface area contributed by atoms with E-state index in [2.05, 4.69) is 9.97 Å². The molecular formula is C10H15N3O2. The quantitative estimate of drug-likeness (QED) is 0.702. The standard InChI is InChI=1S/C10H15N3O2/c1-6(11)4-9-12-8-2-3-15-5-7(8)10(14)13-9/h6H,2-5,11H2,1H3,(H,12,13,14). The Balaban J connectivity index is 2.36. The highest BCUT2D eigenvalue weighted by Gasteiger charge is 2.16. The molecule has 0 bridgehead atoms. The molecule has 2 rings (SSSR count). The Morgan fingerprint density at radius 3 is 3.20 bits per heavy atom. The smallest absolute Gasteiger partial charge is 0.256 e. The van der Waals surface area contributed by atoms with Gasteiger partial charge in [0, 0.05) is 18.9 Å². The minimum absolute atomic E-state index is 0.00559. The first-order chi connectivity index (χ1) is 7.16. The van der Waals surface area contributed by atoms with Gasteiger partial charge in [0.15, 0.2) is 0 Å². The average Bonchev–Trinajstić information content (AvgIpc) is 2.16. The number of hydrogen-bond acceptors (Lipinski definition) is 4. The lowest BCUT2D eigenvalue weighted by molar-refractivity contribution is 0.108. The highest BCUT2D eigenvalue weighted by Crippen LogP contribution is 2.10. The molecule has 0 aliphatic carbocycles. The number of aromatic amines is 1. The van der Waals surface area contributed by atoms with Crippen molar-refractivity contribution in [3.63, 3.8) is 0 Å². The number of nitrogens with one attached hydrogen (secondary N) is 1. The number of nitrogens with two attached hydrogens (primary N) is 1. The predicted octanol–water partition coefficient (Wildman–Crippen LogP) is -0.268. The summed E-state index contributed by atoms with van der Waals surface area (Å²) in [6.45, 7) is 2.90. The van der Waals surface area contributed by atoms with Crippen LogP contribution in [0.1, 0.15) is 24.0 Å². The van der Waals surface area contributed by atoms with Gasteiger partial charge in [0.05, 0.1) is 24.5 Å². The molecule has 1 aliphatic heterocycles. The monoisotopic (exact) mass is 209 g/mol. The summed E-state index contributed by atoms with van der Waals surface area (Å²) in [5.74, 6) is 0.677. The van der Waals surface area contributed by atoms with E-state index in [4.69, 9.17) is 10.5 Å². The Kier molecular flexibility index (Phi) is 2.83. The van der Waals surface area contributed by atoms with Crippen molar-refractivity contribution in [1.82, 2.24) is 9.97 Å². The van der Waals surface area contributed by atoms with E-state index in [0.29, 0.717) is 37.4 Å². The van der Waals surface area contributed by atoms with E-state index in [-0.39, 0.29) is 11.6 Å². The Labute approximate surface area is 87.7 Å². The number of fused-ring (bicyclic) bond motifs is 1. The molecule has 1 atom stereocenters. The maximum Gasteiger partial charge on any atom is 0.256 e. The number of aromatic nitrogens is 2. The van der Waals surface area contributed by atoms with E-state index >= 15 is 0 Å². The molecule has 5 heteroatoms. The van der Waals surface area contributed by atoms with Gasteiger partial charge < -0.3 is 15.5 Å². The van der Waals surface area contributed by atoms with Gasteiger partial charge in [-0.25, -0.2) is 4.98 Å². The van der Waals surface area contributed by atoms with E-state index < -0.39 is 0 Å². The van der Waals surface area contributed by atoms with Gasteiger partial charge in [-0.3, -0.25) is 4.79 Å². The van der Waals surface area contributed by atoms with E-state index in [9.17, 15) is 4.79 Å². The molecular weight excluding hydrogens is 194 g/mol. The zero-order chi connectivity index (χ0) is 10.8. The second kappa shape index (κ2) is 4.12. The van der Waals surface area contributed by atoms with Crippen molar-refractivity contribution in [3.8, 4) is 0 Å². The molecule has 3 N–H and O–H groups in total. The van der Waals surface area contributed by atoms with Gasteiger partial charge in [-0.15, -0.1) is 0 Å². The van der Waals surface area contributed by atoms with Crippen LogP contribution in [-0.2, 0) is 24.2 Å². The normalized spacial score (nSPS) is 17.2. The maximum atomic E-state index is 11.6. The van der Waals surface area contributed by atoms with Crippen LogP contribution in [0.2, 0.25) is 0 Å². The van der Waals surface area contributed by atoms with Crippen molar-refractivity contribution in [3.05, 3.63) is 27.4 Å². The molecule has 15 heavy (non-hydrogen) atoms. The molecule has 1 aliphatic rings. The number of ether oxygens (including phenoxy) is 1. The summed E-state index contributed by atoms with van der Waals surface area (Å²) in [6, 6.07) is 0.00559. The molecule has 0 aromatic carbocycles.